The summed E-state index contributed by atoms with van der Waals surface area (Å²) in [5, 5.41) is 0. The van der Waals surface area contributed by atoms with Gasteiger partial charge in [0.15, 0.2) is 5.54 Å². The number of nitrogens with zero attached hydrogens (tertiary/aromatic N) is 2. The van der Waals surface area contributed by atoms with Crippen LogP contribution in [-0.2, 0) is 26.2 Å². The lowest BCUT2D eigenvalue weighted by Crippen LogP contribution is -2.52. The van der Waals surface area contributed by atoms with Crippen LogP contribution in [0.2, 0.25) is 0 Å². The second-order valence-corrected chi connectivity index (χ2v) is 11.2. The maximum absolute atomic E-state index is 14.7. The first-order chi connectivity index (χ1) is 18.0. The third-order valence-corrected chi connectivity index (χ3v) is 9.10. The molecule has 5 nitrogen and oxygen atoms in total. The van der Waals surface area contributed by atoms with Gasteiger partial charge in [-0.1, -0.05) is 48.2 Å². The van der Waals surface area contributed by atoms with Crippen LogP contribution in [-0.4, -0.2) is 43.5 Å². The molecule has 2 aromatic carbocycles. The van der Waals surface area contributed by atoms with Gasteiger partial charge in [0.25, 0.3) is 5.91 Å². The van der Waals surface area contributed by atoms with Crippen molar-refractivity contribution in [1.29, 1.82) is 0 Å². The molecule has 2 aromatic rings. The topological polar surface area (TPSA) is 51.1 Å². The van der Waals surface area contributed by atoms with Crippen molar-refractivity contribution >= 4 is 11.7 Å². The van der Waals surface area contributed by atoms with E-state index in [0.717, 1.165) is 54.6 Å². The first kappa shape index (κ1) is 24.4. The number of aliphatic imine (C=N–C) groups is 1. The minimum atomic E-state index is -0.905. The van der Waals surface area contributed by atoms with Crippen LogP contribution in [0.25, 0.3) is 0 Å². The molecule has 5 heteroatoms. The van der Waals surface area contributed by atoms with Crippen LogP contribution in [0.4, 0.5) is 0 Å². The number of ether oxygens (including phenoxy) is 2. The molecule has 1 heterocycles. The summed E-state index contributed by atoms with van der Waals surface area (Å²) in [6.07, 6.45) is 7.05. The van der Waals surface area contributed by atoms with E-state index in [1.165, 1.54) is 18.4 Å². The molecule has 6 rings (SSSR count). The summed E-state index contributed by atoms with van der Waals surface area (Å²) < 4.78 is 11.6. The Kier molecular flexibility index (Phi) is 6.21. The Morgan fingerprint density at radius 2 is 1.84 bits per heavy atom. The maximum Gasteiger partial charge on any atom is 0.261 e. The Bertz CT molecular complexity index is 1280. The molecule has 0 bridgehead atoms. The average Bonchev–Trinajstić information content (AvgIpc) is 3.68. The molecule has 4 aliphatic rings. The lowest BCUT2D eigenvalue weighted by molar-refractivity contribution is -0.139. The predicted octanol–water partition coefficient (Wildman–Crippen LogP) is 5.42. The Morgan fingerprint density at radius 3 is 2.51 bits per heavy atom. The molecule has 3 aliphatic carbocycles. The largest absolute Gasteiger partial charge is 0.381 e. The van der Waals surface area contributed by atoms with Gasteiger partial charge in [-0.3, -0.25) is 14.7 Å². The zero-order chi connectivity index (χ0) is 25.6. The van der Waals surface area contributed by atoms with Crippen molar-refractivity contribution in [3.05, 3.63) is 70.8 Å². The molecule has 0 radical (unpaired) electrons. The molecule has 192 valence electrons. The Hall–Kier alpha value is -2.94. The molecule has 2 saturated carbocycles. The summed E-state index contributed by atoms with van der Waals surface area (Å²) in [5.74, 6) is 8.18. The van der Waals surface area contributed by atoms with E-state index in [1.807, 2.05) is 30.0 Å². The molecule has 1 aliphatic heterocycles. The zero-order valence-corrected chi connectivity index (χ0v) is 22.1. The van der Waals surface area contributed by atoms with E-state index in [0.29, 0.717) is 12.5 Å². The van der Waals surface area contributed by atoms with E-state index >= 15 is 0 Å². The van der Waals surface area contributed by atoms with E-state index in [-0.39, 0.29) is 23.5 Å². The highest BCUT2D eigenvalue weighted by atomic mass is 16.5. The number of amides is 1. The quantitative estimate of drug-likeness (QED) is 0.519. The number of methoxy groups -OCH3 is 2. The van der Waals surface area contributed by atoms with E-state index < -0.39 is 5.54 Å². The van der Waals surface area contributed by atoms with Crippen molar-refractivity contribution in [2.45, 2.75) is 69.6 Å². The van der Waals surface area contributed by atoms with Crippen LogP contribution in [0.1, 0.15) is 73.8 Å². The molecule has 2 fully saturated rings. The van der Waals surface area contributed by atoms with Gasteiger partial charge in [-0.15, -0.1) is 0 Å². The van der Waals surface area contributed by atoms with Gasteiger partial charge >= 0.3 is 0 Å². The van der Waals surface area contributed by atoms with Gasteiger partial charge < -0.3 is 9.47 Å². The van der Waals surface area contributed by atoms with Gasteiger partial charge in [0.1, 0.15) is 11.9 Å². The third-order valence-electron chi connectivity index (χ3n) is 9.10. The van der Waals surface area contributed by atoms with Gasteiger partial charge in [-0.25, -0.2) is 0 Å². The second kappa shape index (κ2) is 9.42. The molecular formula is C32H36N2O3. The highest BCUT2D eigenvalue weighted by molar-refractivity contribution is 6.09. The Morgan fingerprint density at radius 1 is 1.08 bits per heavy atom. The van der Waals surface area contributed by atoms with Crippen LogP contribution in [0.15, 0.2) is 53.5 Å². The molecule has 37 heavy (non-hydrogen) atoms. The SMILES string of the molecule is COC1CCC2(CC1)Cc1ccc(C#CC3CC3)cc1C21N=C(C)N(CC(OC)c2ccccc2)C1=O. The number of fused-ring (bicyclic) bond motifs is 3. The molecule has 2 spiro atoms. The zero-order valence-electron chi connectivity index (χ0n) is 22.1. The lowest BCUT2D eigenvalue weighted by Gasteiger charge is -2.45. The molecule has 2 unspecified atom stereocenters. The summed E-state index contributed by atoms with van der Waals surface area (Å²) >= 11 is 0. The summed E-state index contributed by atoms with van der Waals surface area (Å²) in [5.41, 5.74) is 3.21. The van der Waals surface area contributed by atoms with Crippen molar-refractivity contribution in [3.8, 4) is 11.8 Å². The Balaban J connectivity index is 1.41. The van der Waals surface area contributed by atoms with Gasteiger partial charge in [0.2, 0.25) is 0 Å². The van der Waals surface area contributed by atoms with E-state index in [1.54, 1.807) is 14.2 Å². The minimum absolute atomic E-state index is 0.0879. The molecular weight excluding hydrogens is 460 g/mol. The van der Waals surface area contributed by atoms with Crippen molar-refractivity contribution in [3.63, 3.8) is 0 Å². The van der Waals surface area contributed by atoms with E-state index in [9.17, 15) is 4.79 Å². The molecule has 2 atom stereocenters. The van der Waals surface area contributed by atoms with Crippen molar-refractivity contribution in [1.82, 2.24) is 4.90 Å². The monoisotopic (exact) mass is 496 g/mol. The molecule has 0 N–H and O–H groups in total. The molecule has 0 saturated heterocycles. The smallest absolute Gasteiger partial charge is 0.261 e. The summed E-state index contributed by atoms with van der Waals surface area (Å²) in [4.78, 5) is 21.9. The number of benzene rings is 2. The van der Waals surface area contributed by atoms with Gasteiger partial charge in [0, 0.05) is 31.1 Å². The fourth-order valence-corrected chi connectivity index (χ4v) is 6.83. The predicted molar refractivity (Wildman–Crippen MR) is 144 cm³/mol. The van der Waals surface area contributed by atoms with Crippen LogP contribution < -0.4 is 0 Å². The fraction of sp³-hybridized carbons (Fsp3) is 0.500. The first-order valence-electron chi connectivity index (χ1n) is 13.6. The lowest BCUT2D eigenvalue weighted by atomic mass is 9.61. The number of carbonyl (C=O) groups excluding carboxylic acids is 1. The average molecular weight is 497 g/mol. The van der Waals surface area contributed by atoms with Crippen LogP contribution in [0.5, 0.6) is 0 Å². The number of hydrogen-bond acceptors (Lipinski definition) is 4. The highest BCUT2D eigenvalue weighted by Gasteiger charge is 2.66. The number of hydrogen-bond donors (Lipinski definition) is 0. The summed E-state index contributed by atoms with van der Waals surface area (Å²) in [7, 11) is 3.51. The normalized spacial score (nSPS) is 29.3. The fourth-order valence-electron chi connectivity index (χ4n) is 6.83. The van der Waals surface area contributed by atoms with Gasteiger partial charge in [-0.05, 0) is 80.7 Å². The van der Waals surface area contributed by atoms with Crippen molar-refractivity contribution < 1.29 is 14.3 Å². The standard InChI is InChI=1S/C32H36N2O3/c1-22-33-32(30(35)34(22)21-29(37-3)25-7-5-4-6-8-25)28-19-24(12-11-23-9-10-23)13-14-26(28)20-31(32)17-15-27(36-2)16-18-31/h4-8,13-14,19,23,27,29H,9-10,15-18,20-21H2,1-3H3. The van der Waals surface area contributed by atoms with Gasteiger partial charge in [-0.2, -0.15) is 0 Å². The van der Waals surface area contributed by atoms with Gasteiger partial charge in [0.05, 0.1) is 12.6 Å². The van der Waals surface area contributed by atoms with Crippen molar-refractivity contribution in [2.75, 3.05) is 20.8 Å². The van der Waals surface area contributed by atoms with Crippen molar-refractivity contribution in [2.24, 2.45) is 16.3 Å². The first-order valence-corrected chi connectivity index (χ1v) is 13.6. The highest BCUT2D eigenvalue weighted by Crippen LogP contribution is 2.62. The number of carbonyl (C=O) groups is 1. The maximum atomic E-state index is 14.7. The number of rotatable bonds is 5. The number of amidine groups is 1. The van der Waals surface area contributed by atoms with Crippen LogP contribution in [0, 0.1) is 23.2 Å². The van der Waals surface area contributed by atoms with E-state index in [2.05, 4.69) is 42.2 Å². The molecule has 0 aromatic heterocycles. The van der Waals surface area contributed by atoms with E-state index in [4.69, 9.17) is 14.5 Å². The second-order valence-electron chi connectivity index (χ2n) is 11.2. The molecule has 1 amide bonds. The summed E-state index contributed by atoms with van der Waals surface area (Å²) in [6, 6.07) is 16.6. The minimum Gasteiger partial charge on any atom is -0.381 e. The Labute approximate surface area is 220 Å². The summed E-state index contributed by atoms with van der Waals surface area (Å²) in [6.45, 7) is 2.43. The van der Waals surface area contributed by atoms with Crippen LogP contribution >= 0.6 is 0 Å². The third kappa shape index (κ3) is 4.02. The van der Waals surface area contributed by atoms with Crippen LogP contribution in [0.3, 0.4) is 0 Å².